The van der Waals surface area contributed by atoms with Crippen LogP contribution in [0.2, 0.25) is 0 Å². The molecule has 4 rings (SSSR count). The van der Waals surface area contributed by atoms with E-state index in [4.69, 9.17) is 0 Å². The number of H-pyrrole nitrogens is 1. The highest BCUT2D eigenvalue weighted by atomic mass is 16.2. The van der Waals surface area contributed by atoms with Crippen LogP contribution in [0.3, 0.4) is 0 Å². The Balaban J connectivity index is 1.58. The Morgan fingerprint density at radius 2 is 2.00 bits per heavy atom. The molecule has 1 aliphatic rings. The number of fused-ring (bicyclic) bond motifs is 1. The van der Waals surface area contributed by atoms with Gasteiger partial charge in [0.1, 0.15) is 5.82 Å². The summed E-state index contributed by atoms with van der Waals surface area (Å²) in [5.41, 5.74) is 1.27. The Bertz CT molecular complexity index is 828. The van der Waals surface area contributed by atoms with Gasteiger partial charge in [-0.25, -0.2) is 4.68 Å². The molecule has 0 bridgehead atoms. The largest absolute Gasteiger partial charge is 0.305 e. The van der Waals surface area contributed by atoms with E-state index < -0.39 is 0 Å². The van der Waals surface area contributed by atoms with Gasteiger partial charge in [0.05, 0.1) is 17.8 Å². The SMILES string of the molecule is O=C(Nc1ccnn1C1CCCCC1)c1n[nH]c2ccccc12. The van der Waals surface area contributed by atoms with Gasteiger partial charge in [-0.1, -0.05) is 37.5 Å². The van der Waals surface area contributed by atoms with Gasteiger partial charge in [0, 0.05) is 11.5 Å². The third-order valence-electron chi connectivity index (χ3n) is 4.52. The number of rotatable bonds is 3. The zero-order chi connectivity index (χ0) is 15.6. The standard InChI is InChI=1S/C17H19N5O/c23-17(16-13-8-4-5-9-14(13)20-21-16)19-15-10-11-18-22(15)12-6-2-1-3-7-12/h4-5,8-12H,1-3,6-7H2,(H,19,23)(H,20,21). The van der Waals surface area contributed by atoms with E-state index in [0.717, 1.165) is 29.6 Å². The van der Waals surface area contributed by atoms with Crippen LogP contribution < -0.4 is 5.32 Å². The predicted octanol–water partition coefficient (Wildman–Crippen LogP) is 3.52. The molecule has 0 unspecified atom stereocenters. The van der Waals surface area contributed by atoms with Crippen molar-refractivity contribution in [3.63, 3.8) is 0 Å². The fourth-order valence-corrected chi connectivity index (χ4v) is 3.34. The first kappa shape index (κ1) is 14.0. The van der Waals surface area contributed by atoms with Crippen LogP contribution in [0, 0.1) is 0 Å². The lowest BCUT2D eigenvalue weighted by molar-refractivity contribution is 0.102. The Morgan fingerprint density at radius 1 is 1.17 bits per heavy atom. The topological polar surface area (TPSA) is 75.6 Å². The molecule has 23 heavy (non-hydrogen) atoms. The maximum atomic E-state index is 12.6. The maximum absolute atomic E-state index is 12.6. The van der Waals surface area contributed by atoms with Crippen LogP contribution >= 0.6 is 0 Å². The van der Waals surface area contributed by atoms with Gasteiger partial charge in [-0.3, -0.25) is 9.89 Å². The highest BCUT2D eigenvalue weighted by molar-refractivity contribution is 6.10. The number of carbonyl (C=O) groups excluding carboxylic acids is 1. The zero-order valence-electron chi connectivity index (χ0n) is 12.8. The van der Waals surface area contributed by atoms with Crippen molar-refractivity contribution in [2.75, 3.05) is 5.32 Å². The maximum Gasteiger partial charge on any atom is 0.277 e. The quantitative estimate of drug-likeness (QED) is 0.777. The van der Waals surface area contributed by atoms with E-state index in [2.05, 4.69) is 20.6 Å². The number of carbonyl (C=O) groups is 1. The average molecular weight is 309 g/mol. The molecule has 2 aromatic heterocycles. The summed E-state index contributed by atoms with van der Waals surface area (Å²) in [5.74, 6) is 0.536. The van der Waals surface area contributed by atoms with Crippen molar-refractivity contribution in [2.24, 2.45) is 0 Å². The molecule has 1 amide bonds. The van der Waals surface area contributed by atoms with Crippen LogP contribution in [0.15, 0.2) is 36.5 Å². The number of anilines is 1. The number of aromatic amines is 1. The summed E-state index contributed by atoms with van der Waals surface area (Å²) < 4.78 is 1.95. The van der Waals surface area contributed by atoms with E-state index >= 15 is 0 Å². The Labute approximate surface area is 133 Å². The van der Waals surface area contributed by atoms with Crippen molar-refractivity contribution >= 4 is 22.6 Å². The molecule has 2 heterocycles. The van der Waals surface area contributed by atoms with E-state index in [9.17, 15) is 4.79 Å². The van der Waals surface area contributed by atoms with E-state index in [0.29, 0.717) is 11.7 Å². The molecule has 1 saturated carbocycles. The fourth-order valence-electron chi connectivity index (χ4n) is 3.34. The number of hydrogen-bond acceptors (Lipinski definition) is 3. The minimum Gasteiger partial charge on any atom is -0.305 e. The first-order valence-corrected chi connectivity index (χ1v) is 8.11. The molecule has 0 aliphatic heterocycles. The van der Waals surface area contributed by atoms with Gasteiger partial charge in [-0.2, -0.15) is 10.2 Å². The summed E-state index contributed by atoms with van der Waals surface area (Å²) >= 11 is 0. The van der Waals surface area contributed by atoms with Gasteiger partial charge in [0.15, 0.2) is 5.69 Å². The monoisotopic (exact) mass is 309 g/mol. The van der Waals surface area contributed by atoms with E-state index in [1.165, 1.54) is 19.3 Å². The summed E-state index contributed by atoms with van der Waals surface area (Å²) in [6, 6.07) is 9.85. The number of amides is 1. The molecular weight excluding hydrogens is 290 g/mol. The summed E-state index contributed by atoms with van der Waals surface area (Å²) in [5, 5.41) is 15.2. The summed E-state index contributed by atoms with van der Waals surface area (Å²) in [7, 11) is 0. The van der Waals surface area contributed by atoms with Crippen molar-refractivity contribution in [3.8, 4) is 0 Å². The smallest absolute Gasteiger partial charge is 0.277 e. The molecule has 1 aliphatic carbocycles. The fraction of sp³-hybridized carbons (Fsp3) is 0.353. The number of para-hydroxylation sites is 1. The predicted molar refractivity (Wildman–Crippen MR) is 88.4 cm³/mol. The van der Waals surface area contributed by atoms with Crippen molar-refractivity contribution in [2.45, 2.75) is 38.1 Å². The van der Waals surface area contributed by atoms with Crippen molar-refractivity contribution < 1.29 is 4.79 Å². The molecule has 6 heteroatoms. The van der Waals surface area contributed by atoms with Crippen LogP contribution in [0.25, 0.3) is 10.9 Å². The summed E-state index contributed by atoms with van der Waals surface area (Å²) in [6.07, 6.45) is 7.72. The Hall–Kier alpha value is -2.63. The van der Waals surface area contributed by atoms with Gasteiger partial charge in [0.2, 0.25) is 0 Å². The molecule has 0 radical (unpaired) electrons. The molecule has 6 nitrogen and oxygen atoms in total. The van der Waals surface area contributed by atoms with Crippen LogP contribution in [-0.4, -0.2) is 25.9 Å². The van der Waals surface area contributed by atoms with Crippen LogP contribution in [0.5, 0.6) is 0 Å². The first-order valence-electron chi connectivity index (χ1n) is 8.11. The Kier molecular flexibility index (Phi) is 3.57. The van der Waals surface area contributed by atoms with Gasteiger partial charge < -0.3 is 5.32 Å². The number of hydrogen-bond donors (Lipinski definition) is 2. The molecule has 0 spiro atoms. The minimum absolute atomic E-state index is 0.208. The number of aromatic nitrogens is 4. The van der Waals surface area contributed by atoms with Crippen molar-refractivity contribution in [1.29, 1.82) is 0 Å². The van der Waals surface area contributed by atoms with E-state index in [1.807, 2.05) is 35.0 Å². The molecule has 3 aromatic rings. The average Bonchev–Trinajstić information content (AvgIpc) is 3.22. The van der Waals surface area contributed by atoms with E-state index in [1.54, 1.807) is 6.20 Å². The van der Waals surface area contributed by atoms with Crippen LogP contribution in [0.1, 0.15) is 48.6 Å². The molecule has 2 N–H and O–H groups in total. The number of benzene rings is 1. The zero-order valence-corrected chi connectivity index (χ0v) is 12.8. The van der Waals surface area contributed by atoms with Gasteiger partial charge in [-0.15, -0.1) is 0 Å². The molecule has 0 saturated heterocycles. The normalized spacial score (nSPS) is 15.8. The van der Waals surface area contributed by atoms with Crippen LogP contribution in [-0.2, 0) is 0 Å². The third-order valence-corrected chi connectivity index (χ3v) is 4.52. The Morgan fingerprint density at radius 3 is 2.87 bits per heavy atom. The molecule has 118 valence electrons. The van der Waals surface area contributed by atoms with Gasteiger partial charge >= 0.3 is 0 Å². The highest BCUT2D eigenvalue weighted by Crippen LogP contribution is 2.30. The molecule has 1 fully saturated rings. The lowest BCUT2D eigenvalue weighted by Crippen LogP contribution is -2.20. The van der Waals surface area contributed by atoms with Crippen molar-refractivity contribution in [1.82, 2.24) is 20.0 Å². The molecular formula is C17H19N5O. The number of nitrogens with one attached hydrogen (secondary N) is 2. The van der Waals surface area contributed by atoms with Gasteiger partial charge in [0.25, 0.3) is 5.91 Å². The lowest BCUT2D eigenvalue weighted by atomic mass is 9.96. The van der Waals surface area contributed by atoms with Crippen LogP contribution in [0.4, 0.5) is 5.82 Å². The van der Waals surface area contributed by atoms with E-state index in [-0.39, 0.29) is 5.91 Å². The lowest BCUT2D eigenvalue weighted by Gasteiger charge is -2.23. The number of nitrogens with zero attached hydrogens (tertiary/aromatic N) is 3. The molecule has 1 aromatic carbocycles. The minimum atomic E-state index is -0.208. The summed E-state index contributed by atoms with van der Waals surface area (Å²) in [4.78, 5) is 12.6. The van der Waals surface area contributed by atoms with Crippen molar-refractivity contribution in [3.05, 3.63) is 42.2 Å². The first-order chi connectivity index (χ1) is 11.3. The third kappa shape index (κ3) is 2.60. The van der Waals surface area contributed by atoms with Gasteiger partial charge in [-0.05, 0) is 18.9 Å². The molecule has 0 atom stereocenters. The highest BCUT2D eigenvalue weighted by Gasteiger charge is 2.21. The second-order valence-electron chi connectivity index (χ2n) is 6.02. The second kappa shape index (κ2) is 5.87. The second-order valence-corrected chi connectivity index (χ2v) is 6.02. The summed E-state index contributed by atoms with van der Waals surface area (Å²) in [6.45, 7) is 0.